The van der Waals surface area contributed by atoms with Gasteiger partial charge in [0.15, 0.2) is 0 Å². The molecule has 0 amide bonds. The maximum absolute atomic E-state index is 13.0. The SMILES string of the molecule is Fc1cccc(CNc2ncnc3ccsc23)c1. The van der Waals surface area contributed by atoms with Gasteiger partial charge in [0, 0.05) is 6.54 Å². The highest BCUT2D eigenvalue weighted by atomic mass is 32.1. The van der Waals surface area contributed by atoms with Gasteiger partial charge in [-0.3, -0.25) is 0 Å². The van der Waals surface area contributed by atoms with Crippen molar-refractivity contribution in [3.8, 4) is 0 Å². The molecule has 2 heterocycles. The van der Waals surface area contributed by atoms with E-state index in [0.29, 0.717) is 6.54 Å². The quantitative estimate of drug-likeness (QED) is 0.783. The molecular formula is C13H10FN3S. The smallest absolute Gasteiger partial charge is 0.147 e. The molecule has 3 rings (SSSR count). The van der Waals surface area contributed by atoms with Crippen LogP contribution in [0.4, 0.5) is 10.2 Å². The van der Waals surface area contributed by atoms with Crippen LogP contribution in [-0.4, -0.2) is 9.97 Å². The first kappa shape index (κ1) is 11.1. The van der Waals surface area contributed by atoms with Crippen LogP contribution in [0.25, 0.3) is 10.2 Å². The number of rotatable bonds is 3. The molecule has 1 aromatic carbocycles. The maximum Gasteiger partial charge on any atom is 0.147 e. The molecule has 0 aliphatic heterocycles. The number of nitrogens with one attached hydrogen (secondary N) is 1. The molecule has 0 saturated heterocycles. The molecule has 0 radical (unpaired) electrons. The summed E-state index contributed by atoms with van der Waals surface area (Å²) in [4.78, 5) is 8.38. The van der Waals surface area contributed by atoms with Gasteiger partial charge in [0.1, 0.15) is 18.0 Å². The molecule has 2 aromatic heterocycles. The second kappa shape index (κ2) is 4.70. The van der Waals surface area contributed by atoms with Gasteiger partial charge >= 0.3 is 0 Å². The zero-order valence-electron chi connectivity index (χ0n) is 9.43. The fraction of sp³-hybridized carbons (Fsp3) is 0.0769. The largest absolute Gasteiger partial charge is 0.365 e. The van der Waals surface area contributed by atoms with Crippen LogP contribution >= 0.6 is 11.3 Å². The van der Waals surface area contributed by atoms with E-state index in [1.807, 2.05) is 17.5 Å². The lowest BCUT2D eigenvalue weighted by Crippen LogP contribution is -2.01. The minimum Gasteiger partial charge on any atom is -0.365 e. The van der Waals surface area contributed by atoms with Crippen LogP contribution in [0.5, 0.6) is 0 Å². The summed E-state index contributed by atoms with van der Waals surface area (Å²) in [5.41, 5.74) is 1.81. The Labute approximate surface area is 107 Å². The summed E-state index contributed by atoms with van der Waals surface area (Å²) >= 11 is 1.59. The Balaban J connectivity index is 1.83. The second-order valence-corrected chi connectivity index (χ2v) is 4.76. The van der Waals surface area contributed by atoms with Crippen molar-refractivity contribution in [1.29, 1.82) is 0 Å². The highest BCUT2D eigenvalue weighted by Crippen LogP contribution is 2.25. The summed E-state index contributed by atoms with van der Waals surface area (Å²) in [7, 11) is 0. The fourth-order valence-electron chi connectivity index (χ4n) is 1.75. The molecule has 0 spiro atoms. The number of hydrogen-bond donors (Lipinski definition) is 1. The molecule has 90 valence electrons. The Hall–Kier alpha value is -2.01. The van der Waals surface area contributed by atoms with E-state index in [-0.39, 0.29) is 5.82 Å². The highest BCUT2D eigenvalue weighted by Gasteiger charge is 2.04. The molecule has 0 fully saturated rings. The molecule has 3 nitrogen and oxygen atoms in total. The summed E-state index contributed by atoms with van der Waals surface area (Å²) in [5, 5.41) is 5.19. The predicted octanol–water partition coefficient (Wildman–Crippen LogP) is 3.44. The lowest BCUT2D eigenvalue weighted by Gasteiger charge is -2.06. The van der Waals surface area contributed by atoms with Crippen molar-refractivity contribution in [2.24, 2.45) is 0 Å². The maximum atomic E-state index is 13.0. The molecule has 18 heavy (non-hydrogen) atoms. The molecule has 0 aliphatic carbocycles. The third kappa shape index (κ3) is 2.17. The van der Waals surface area contributed by atoms with Gasteiger partial charge in [0.2, 0.25) is 0 Å². The van der Waals surface area contributed by atoms with Gasteiger partial charge < -0.3 is 5.32 Å². The summed E-state index contributed by atoms with van der Waals surface area (Å²) in [6.45, 7) is 0.543. The standard InChI is InChI=1S/C13H10FN3S/c14-10-3-1-2-9(6-10)7-15-13-12-11(4-5-18-12)16-8-17-13/h1-6,8H,7H2,(H,15,16,17). The Bertz CT molecular complexity index is 681. The number of thiophene rings is 1. The summed E-state index contributed by atoms with van der Waals surface area (Å²) in [5.74, 6) is 0.567. The third-order valence-corrected chi connectivity index (χ3v) is 3.50. The highest BCUT2D eigenvalue weighted by molar-refractivity contribution is 7.17. The van der Waals surface area contributed by atoms with Gasteiger partial charge in [0.05, 0.1) is 10.2 Å². The van der Waals surface area contributed by atoms with Gasteiger partial charge in [-0.1, -0.05) is 12.1 Å². The zero-order chi connectivity index (χ0) is 12.4. The molecule has 0 saturated carbocycles. The second-order valence-electron chi connectivity index (χ2n) is 3.84. The van der Waals surface area contributed by atoms with E-state index in [9.17, 15) is 4.39 Å². The van der Waals surface area contributed by atoms with E-state index >= 15 is 0 Å². The molecule has 0 unspecified atom stereocenters. The first-order valence-corrected chi connectivity index (χ1v) is 6.37. The van der Waals surface area contributed by atoms with Crippen LogP contribution in [0, 0.1) is 5.82 Å². The molecule has 1 N–H and O–H groups in total. The molecule has 0 aliphatic rings. The van der Waals surface area contributed by atoms with E-state index < -0.39 is 0 Å². The summed E-state index contributed by atoms with van der Waals surface area (Å²) in [6, 6.07) is 8.48. The van der Waals surface area contributed by atoms with Gasteiger partial charge in [-0.25, -0.2) is 14.4 Å². The Morgan fingerprint density at radius 1 is 1.22 bits per heavy atom. The number of anilines is 1. The van der Waals surface area contributed by atoms with Crippen LogP contribution in [0.1, 0.15) is 5.56 Å². The average molecular weight is 259 g/mol. The van der Waals surface area contributed by atoms with Crippen molar-refractivity contribution in [3.63, 3.8) is 0 Å². The van der Waals surface area contributed by atoms with Crippen molar-refractivity contribution in [2.75, 3.05) is 5.32 Å². The Kier molecular flexibility index (Phi) is 2.90. The van der Waals surface area contributed by atoms with Crippen molar-refractivity contribution in [3.05, 3.63) is 53.4 Å². The van der Waals surface area contributed by atoms with Gasteiger partial charge in [-0.05, 0) is 29.1 Å². The molecule has 0 atom stereocenters. The topological polar surface area (TPSA) is 37.8 Å². The number of hydrogen-bond acceptors (Lipinski definition) is 4. The lowest BCUT2D eigenvalue weighted by atomic mass is 10.2. The van der Waals surface area contributed by atoms with E-state index in [1.165, 1.54) is 18.5 Å². The molecular weight excluding hydrogens is 249 g/mol. The van der Waals surface area contributed by atoms with E-state index in [1.54, 1.807) is 17.4 Å². The van der Waals surface area contributed by atoms with Crippen LogP contribution in [-0.2, 0) is 6.54 Å². The first-order valence-electron chi connectivity index (χ1n) is 5.49. The lowest BCUT2D eigenvalue weighted by molar-refractivity contribution is 0.626. The normalized spacial score (nSPS) is 10.7. The monoisotopic (exact) mass is 259 g/mol. The Morgan fingerprint density at radius 3 is 3.06 bits per heavy atom. The zero-order valence-corrected chi connectivity index (χ0v) is 10.2. The van der Waals surface area contributed by atoms with Gasteiger partial charge in [-0.15, -0.1) is 11.3 Å². The number of fused-ring (bicyclic) bond motifs is 1. The number of benzene rings is 1. The fourth-order valence-corrected chi connectivity index (χ4v) is 2.56. The summed E-state index contributed by atoms with van der Waals surface area (Å²) < 4.78 is 14.1. The van der Waals surface area contributed by atoms with Crippen molar-refractivity contribution in [2.45, 2.75) is 6.54 Å². The molecule has 5 heteroatoms. The van der Waals surface area contributed by atoms with E-state index in [4.69, 9.17) is 0 Å². The van der Waals surface area contributed by atoms with Crippen molar-refractivity contribution >= 4 is 27.4 Å². The van der Waals surface area contributed by atoms with Crippen LogP contribution in [0.2, 0.25) is 0 Å². The van der Waals surface area contributed by atoms with Gasteiger partial charge in [-0.2, -0.15) is 0 Å². The predicted molar refractivity (Wildman–Crippen MR) is 71.1 cm³/mol. The molecule has 3 aromatic rings. The molecule has 0 bridgehead atoms. The average Bonchev–Trinajstić information content (AvgIpc) is 2.85. The minimum atomic E-state index is -0.224. The number of aromatic nitrogens is 2. The number of nitrogens with zero attached hydrogens (tertiary/aromatic N) is 2. The van der Waals surface area contributed by atoms with Gasteiger partial charge in [0.25, 0.3) is 0 Å². The van der Waals surface area contributed by atoms with E-state index in [0.717, 1.165) is 21.6 Å². The summed E-state index contributed by atoms with van der Waals surface area (Å²) in [6.07, 6.45) is 1.53. The Morgan fingerprint density at radius 2 is 2.17 bits per heavy atom. The van der Waals surface area contributed by atoms with Crippen molar-refractivity contribution in [1.82, 2.24) is 9.97 Å². The first-order chi connectivity index (χ1) is 8.83. The number of halogens is 1. The van der Waals surface area contributed by atoms with Crippen LogP contribution < -0.4 is 5.32 Å². The van der Waals surface area contributed by atoms with Crippen LogP contribution in [0.15, 0.2) is 42.0 Å². The van der Waals surface area contributed by atoms with Crippen LogP contribution in [0.3, 0.4) is 0 Å². The third-order valence-electron chi connectivity index (χ3n) is 2.59. The van der Waals surface area contributed by atoms with Crippen molar-refractivity contribution < 1.29 is 4.39 Å². The van der Waals surface area contributed by atoms with E-state index in [2.05, 4.69) is 15.3 Å². The minimum absolute atomic E-state index is 0.224.